The fourth-order valence-corrected chi connectivity index (χ4v) is 2.14. The van der Waals surface area contributed by atoms with E-state index in [9.17, 15) is 4.79 Å². The number of ether oxygens (including phenoxy) is 1. The number of rotatable bonds is 3. The van der Waals surface area contributed by atoms with E-state index in [4.69, 9.17) is 5.11 Å². The van der Waals surface area contributed by atoms with Crippen molar-refractivity contribution in [3.05, 3.63) is 54.6 Å². The molecule has 0 bridgehead atoms. The molecule has 0 saturated carbocycles. The van der Waals surface area contributed by atoms with Gasteiger partial charge in [-0.1, -0.05) is 30.0 Å². The van der Waals surface area contributed by atoms with Crippen LogP contribution in [-0.4, -0.2) is 11.3 Å². The minimum Gasteiger partial charge on any atom is -0.449 e. The van der Waals surface area contributed by atoms with Crippen molar-refractivity contribution in [1.82, 2.24) is 0 Å². The van der Waals surface area contributed by atoms with Crippen LogP contribution in [0.4, 0.5) is 4.79 Å². The Morgan fingerprint density at radius 3 is 2.12 bits per heavy atom. The van der Waals surface area contributed by atoms with E-state index in [1.165, 1.54) is 0 Å². The molecule has 2 aromatic rings. The van der Waals surface area contributed by atoms with E-state index in [1.54, 1.807) is 23.9 Å². The van der Waals surface area contributed by atoms with Crippen molar-refractivity contribution in [2.24, 2.45) is 0 Å². The van der Waals surface area contributed by atoms with Crippen LogP contribution in [0.15, 0.2) is 64.4 Å². The van der Waals surface area contributed by atoms with E-state index in [-0.39, 0.29) is 0 Å². The Bertz CT molecular complexity index is 494. The van der Waals surface area contributed by atoms with Gasteiger partial charge in [0, 0.05) is 9.79 Å². The lowest BCUT2D eigenvalue weighted by Gasteiger charge is -2.03. The first-order valence-corrected chi connectivity index (χ1v) is 5.79. The molecule has 4 heteroatoms. The van der Waals surface area contributed by atoms with E-state index >= 15 is 0 Å². The maximum atomic E-state index is 10.3. The van der Waals surface area contributed by atoms with Gasteiger partial charge in [0.1, 0.15) is 5.75 Å². The highest BCUT2D eigenvalue weighted by Gasteiger charge is 2.01. The zero-order valence-electron chi connectivity index (χ0n) is 8.87. The zero-order valence-corrected chi connectivity index (χ0v) is 9.68. The minimum absolute atomic E-state index is 0.329. The van der Waals surface area contributed by atoms with Crippen LogP contribution in [0.5, 0.6) is 5.75 Å². The predicted molar refractivity (Wildman–Crippen MR) is 65.7 cm³/mol. The Kier molecular flexibility index (Phi) is 3.67. The summed E-state index contributed by atoms with van der Waals surface area (Å²) >= 11 is 1.61. The Hall–Kier alpha value is -1.94. The van der Waals surface area contributed by atoms with E-state index in [0.717, 1.165) is 9.79 Å². The first kappa shape index (κ1) is 11.5. The third kappa shape index (κ3) is 3.53. The van der Waals surface area contributed by atoms with Gasteiger partial charge < -0.3 is 9.84 Å². The van der Waals surface area contributed by atoms with Crippen LogP contribution < -0.4 is 4.74 Å². The van der Waals surface area contributed by atoms with Gasteiger partial charge in [0.2, 0.25) is 0 Å². The standard InChI is InChI=1S/C13H10O3S/c14-13(15)16-10-6-8-12(9-7-10)17-11-4-2-1-3-5-11/h1-9H,(H,14,15). The van der Waals surface area contributed by atoms with Crippen molar-refractivity contribution in [2.75, 3.05) is 0 Å². The van der Waals surface area contributed by atoms with Crippen LogP contribution in [-0.2, 0) is 0 Å². The van der Waals surface area contributed by atoms with E-state index < -0.39 is 6.16 Å². The highest BCUT2D eigenvalue weighted by molar-refractivity contribution is 7.99. The van der Waals surface area contributed by atoms with E-state index in [2.05, 4.69) is 4.74 Å². The molecule has 2 aromatic carbocycles. The largest absolute Gasteiger partial charge is 0.511 e. The Morgan fingerprint density at radius 2 is 1.53 bits per heavy atom. The highest BCUT2D eigenvalue weighted by Crippen LogP contribution is 2.28. The van der Waals surface area contributed by atoms with Crippen molar-refractivity contribution in [2.45, 2.75) is 9.79 Å². The van der Waals surface area contributed by atoms with Crippen LogP contribution in [0.3, 0.4) is 0 Å². The molecule has 86 valence electrons. The fraction of sp³-hybridized carbons (Fsp3) is 0. The van der Waals surface area contributed by atoms with E-state index in [1.807, 2.05) is 42.5 Å². The lowest BCUT2D eigenvalue weighted by atomic mass is 10.3. The molecule has 1 N–H and O–H groups in total. The van der Waals surface area contributed by atoms with Gasteiger partial charge in [0.15, 0.2) is 0 Å². The molecule has 17 heavy (non-hydrogen) atoms. The SMILES string of the molecule is O=C(O)Oc1ccc(Sc2ccccc2)cc1. The first-order valence-electron chi connectivity index (χ1n) is 4.98. The molecule has 0 unspecified atom stereocenters. The second-order valence-corrected chi connectivity index (χ2v) is 4.40. The molecule has 0 amide bonds. The molecule has 0 spiro atoms. The molecule has 0 aromatic heterocycles. The number of benzene rings is 2. The van der Waals surface area contributed by atoms with Crippen molar-refractivity contribution < 1.29 is 14.6 Å². The Morgan fingerprint density at radius 1 is 0.941 bits per heavy atom. The molecule has 0 heterocycles. The van der Waals surface area contributed by atoms with Gasteiger partial charge in [-0.05, 0) is 36.4 Å². The van der Waals surface area contributed by atoms with Crippen molar-refractivity contribution >= 4 is 17.9 Å². The summed E-state index contributed by atoms with van der Waals surface area (Å²) in [5.41, 5.74) is 0. The summed E-state index contributed by atoms with van der Waals surface area (Å²) < 4.78 is 4.53. The molecule has 0 radical (unpaired) electrons. The molecule has 0 aliphatic carbocycles. The van der Waals surface area contributed by atoms with Gasteiger partial charge >= 0.3 is 6.16 Å². The molecule has 0 saturated heterocycles. The van der Waals surface area contributed by atoms with Crippen LogP contribution in [0, 0.1) is 0 Å². The lowest BCUT2D eigenvalue weighted by molar-refractivity contribution is 0.144. The molecule has 0 aliphatic heterocycles. The van der Waals surface area contributed by atoms with Gasteiger partial charge in [0.05, 0.1) is 0 Å². The Labute approximate surface area is 103 Å². The lowest BCUT2D eigenvalue weighted by Crippen LogP contribution is -2.02. The summed E-state index contributed by atoms with van der Waals surface area (Å²) in [6, 6.07) is 16.9. The van der Waals surface area contributed by atoms with Crippen LogP contribution in [0.1, 0.15) is 0 Å². The molecule has 3 nitrogen and oxygen atoms in total. The minimum atomic E-state index is -1.30. The average Bonchev–Trinajstić information content (AvgIpc) is 2.32. The quantitative estimate of drug-likeness (QED) is 0.659. The average molecular weight is 246 g/mol. The van der Waals surface area contributed by atoms with Gasteiger partial charge in [-0.25, -0.2) is 4.79 Å². The monoisotopic (exact) mass is 246 g/mol. The maximum absolute atomic E-state index is 10.3. The van der Waals surface area contributed by atoms with Crippen LogP contribution in [0.2, 0.25) is 0 Å². The van der Waals surface area contributed by atoms with Gasteiger partial charge in [-0.2, -0.15) is 0 Å². The summed E-state index contributed by atoms with van der Waals surface area (Å²) in [5, 5.41) is 8.44. The summed E-state index contributed by atoms with van der Waals surface area (Å²) in [6.45, 7) is 0. The molecule has 0 aliphatic rings. The maximum Gasteiger partial charge on any atom is 0.511 e. The third-order valence-corrected chi connectivity index (χ3v) is 3.02. The molecular formula is C13H10O3S. The summed E-state index contributed by atoms with van der Waals surface area (Å²) in [4.78, 5) is 12.5. The third-order valence-electron chi connectivity index (χ3n) is 2.01. The normalized spacial score (nSPS) is 9.88. The second kappa shape index (κ2) is 5.41. The van der Waals surface area contributed by atoms with Gasteiger partial charge in [-0.15, -0.1) is 0 Å². The predicted octanol–water partition coefficient (Wildman–Crippen LogP) is 3.89. The second-order valence-electron chi connectivity index (χ2n) is 3.25. The summed E-state index contributed by atoms with van der Waals surface area (Å²) in [5.74, 6) is 0.329. The first-order chi connectivity index (χ1) is 8.24. The number of carbonyl (C=O) groups is 1. The van der Waals surface area contributed by atoms with Crippen LogP contribution >= 0.6 is 11.8 Å². The van der Waals surface area contributed by atoms with Crippen molar-refractivity contribution in [3.8, 4) is 5.75 Å². The van der Waals surface area contributed by atoms with Crippen molar-refractivity contribution in [1.29, 1.82) is 0 Å². The topological polar surface area (TPSA) is 46.5 Å². The molecule has 2 rings (SSSR count). The number of hydrogen-bond acceptors (Lipinski definition) is 3. The zero-order chi connectivity index (χ0) is 12.1. The number of carboxylic acid groups (broad SMARTS) is 1. The summed E-state index contributed by atoms with van der Waals surface area (Å²) in [6.07, 6.45) is -1.30. The van der Waals surface area contributed by atoms with Gasteiger partial charge in [-0.3, -0.25) is 0 Å². The Balaban J connectivity index is 2.06. The summed E-state index contributed by atoms with van der Waals surface area (Å²) in [7, 11) is 0. The molecule has 0 atom stereocenters. The van der Waals surface area contributed by atoms with E-state index in [0.29, 0.717) is 5.75 Å². The fourth-order valence-electron chi connectivity index (χ4n) is 1.30. The smallest absolute Gasteiger partial charge is 0.449 e. The molecule has 0 fully saturated rings. The van der Waals surface area contributed by atoms with Gasteiger partial charge in [0.25, 0.3) is 0 Å². The van der Waals surface area contributed by atoms with Crippen molar-refractivity contribution in [3.63, 3.8) is 0 Å². The molecular weight excluding hydrogens is 236 g/mol. The van der Waals surface area contributed by atoms with Crippen LogP contribution in [0.25, 0.3) is 0 Å². The highest BCUT2D eigenvalue weighted by atomic mass is 32.2. The number of hydrogen-bond donors (Lipinski definition) is 1.